The Balaban J connectivity index is 1.09. The molecule has 0 spiro atoms. The van der Waals surface area contributed by atoms with E-state index in [4.69, 9.17) is 4.74 Å². The van der Waals surface area contributed by atoms with Gasteiger partial charge in [0.1, 0.15) is 24.3 Å². The molecule has 2 aliphatic heterocycles. The third-order valence-corrected chi connectivity index (χ3v) is 10.6. The molecule has 3 amide bonds. The Kier molecular flexibility index (Phi) is 12.3. The number of amides is 3. The van der Waals surface area contributed by atoms with Crippen LogP contribution in [0.4, 0.5) is 18.0 Å². The van der Waals surface area contributed by atoms with Crippen molar-refractivity contribution in [2.24, 2.45) is 11.8 Å². The van der Waals surface area contributed by atoms with E-state index in [1.165, 1.54) is 0 Å². The molecule has 2 aliphatic rings. The lowest BCUT2D eigenvalue weighted by Crippen LogP contribution is -2.49. The zero-order valence-electron chi connectivity index (χ0n) is 31.5. The number of rotatable bonds is 13. The summed E-state index contributed by atoms with van der Waals surface area (Å²) in [5.41, 5.74) is 5.62. The van der Waals surface area contributed by atoms with E-state index in [1.54, 1.807) is 11.1 Å². The Morgan fingerprint density at radius 2 is 1.27 bits per heavy atom. The second kappa shape index (κ2) is 17.1. The summed E-state index contributed by atoms with van der Waals surface area (Å²) in [5.74, 6) is 1.37. The number of hydrogen-bond acceptors (Lipinski definition) is 7. The average molecular weight is 764 g/mol. The summed E-state index contributed by atoms with van der Waals surface area (Å²) in [6.07, 6.45) is 1.18. The quantitative estimate of drug-likeness (QED) is 0.120. The zero-order valence-corrected chi connectivity index (χ0v) is 31.5. The molecule has 3 N–H and O–H groups in total. The van der Waals surface area contributed by atoms with Crippen LogP contribution in [0.25, 0.3) is 33.6 Å². The minimum Gasteiger partial charge on any atom is -0.453 e. The van der Waals surface area contributed by atoms with Crippen molar-refractivity contribution < 1.29 is 37.0 Å². The Hall–Kier alpha value is -5.18. The molecule has 4 aromatic rings. The van der Waals surface area contributed by atoms with Crippen LogP contribution < -0.4 is 5.32 Å². The summed E-state index contributed by atoms with van der Waals surface area (Å²) >= 11 is 0. The topological polar surface area (TPSA) is 146 Å². The van der Waals surface area contributed by atoms with Gasteiger partial charge in [0, 0.05) is 32.0 Å². The number of aromatic nitrogens is 4. The number of H-pyrrole nitrogens is 2. The molecule has 2 aromatic carbocycles. The number of nitrogens with zero attached hydrogens (tertiary/aromatic N) is 4. The smallest absolute Gasteiger partial charge is 0.411 e. The molecule has 55 heavy (non-hydrogen) atoms. The lowest BCUT2D eigenvalue weighted by atomic mass is 9.96. The highest BCUT2D eigenvalue weighted by atomic mass is 19.4. The maximum Gasteiger partial charge on any atom is 0.411 e. The van der Waals surface area contributed by atoms with E-state index in [1.807, 2.05) is 42.3 Å². The first-order valence-electron chi connectivity index (χ1n) is 18.7. The van der Waals surface area contributed by atoms with Gasteiger partial charge < -0.3 is 34.6 Å². The highest BCUT2D eigenvalue weighted by Gasteiger charge is 2.37. The van der Waals surface area contributed by atoms with Gasteiger partial charge in [0.05, 0.1) is 43.0 Å². The molecule has 6 rings (SSSR count). The summed E-state index contributed by atoms with van der Waals surface area (Å²) < 4.78 is 47.0. The first-order chi connectivity index (χ1) is 26.3. The van der Waals surface area contributed by atoms with Crippen LogP contribution in [-0.4, -0.2) is 93.3 Å². The first-order valence-corrected chi connectivity index (χ1v) is 18.7. The fraction of sp³-hybridized carbons (Fsp3) is 0.475. The number of alkyl carbamates (subject to hydrolysis) is 1. The van der Waals surface area contributed by atoms with Crippen LogP contribution in [0.1, 0.15) is 76.6 Å². The third kappa shape index (κ3) is 9.38. The summed E-state index contributed by atoms with van der Waals surface area (Å²) in [5, 5.41) is 2.44. The number of ether oxygens (including phenoxy) is 2. The van der Waals surface area contributed by atoms with Gasteiger partial charge in [-0.25, -0.2) is 14.8 Å². The molecule has 0 saturated carbocycles. The van der Waals surface area contributed by atoms with Gasteiger partial charge in [-0.1, -0.05) is 69.3 Å². The van der Waals surface area contributed by atoms with Crippen LogP contribution in [0.5, 0.6) is 0 Å². The molecular formula is C40H48F3N7O5. The largest absolute Gasteiger partial charge is 0.453 e. The molecule has 2 saturated heterocycles. The number of hydrogen-bond donors (Lipinski definition) is 3. The number of imidazole rings is 2. The minimum absolute atomic E-state index is 0.0361. The Labute approximate surface area is 318 Å². The fourth-order valence-corrected chi connectivity index (χ4v) is 7.21. The van der Waals surface area contributed by atoms with Crippen LogP contribution in [0, 0.1) is 11.8 Å². The third-order valence-electron chi connectivity index (χ3n) is 10.6. The molecule has 12 nitrogen and oxygen atoms in total. The number of halogens is 3. The Morgan fingerprint density at radius 3 is 1.73 bits per heavy atom. The first kappa shape index (κ1) is 39.5. The van der Waals surface area contributed by atoms with Crippen LogP contribution in [0.2, 0.25) is 0 Å². The lowest BCUT2D eigenvalue weighted by molar-refractivity contribution is -0.174. The van der Waals surface area contributed by atoms with Crippen molar-refractivity contribution in [1.29, 1.82) is 0 Å². The Bertz CT molecular complexity index is 1930. The fourth-order valence-electron chi connectivity index (χ4n) is 7.21. The van der Waals surface area contributed by atoms with E-state index >= 15 is 0 Å². The zero-order chi connectivity index (χ0) is 39.3. The second-order valence-electron chi connectivity index (χ2n) is 14.6. The SMILES string of the molecule is COC(=O)N[C@@H](CCOCC(F)(F)F)C(=O)N1CCC[C@H]1c1ncc(-c2ccc(-c3ccc(-c4cnc([C@@H]5CCCN5C(=O)[C@@H](C)C(C)C)[nH]4)cc3)cc2)[nH]1. The number of methoxy groups -OCH3 is 1. The molecule has 15 heteroatoms. The highest BCUT2D eigenvalue weighted by molar-refractivity contribution is 5.86. The van der Waals surface area contributed by atoms with Gasteiger partial charge in [0.2, 0.25) is 11.8 Å². The molecule has 2 fully saturated rings. The van der Waals surface area contributed by atoms with Crippen molar-refractivity contribution in [3.63, 3.8) is 0 Å². The Morgan fingerprint density at radius 1 is 0.800 bits per heavy atom. The van der Waals surface area contributed by atoms with E-state index < -0.39 is 36.9 Å². The van der Waals surface area contributed by atoms with Gasteiger partial charge in [-0.3, -0.25) is 9.59 Å². The second-order valence-corrected chi connectivity index (χ2v) is 14.6. The molecule has 4 heterocycles. The molecule has 294 valence electrons. The van der Waals surface area contributed by atoms with Crippen LogP contribution in [-0.2, 0) is 19.1 Å². The number of alkyl halides is 3. The van der Waals surface area contributed by atoms with Gasteiger partial charge >= 0.3 is 12.3 Å². The average Bonchev–Trinajstić information content (AvgIpc) is 4.01. The molecule has 0 bridgehead atoms. The van der Waals surface area contributed by atoms with Crippen molar-refractivity contribution >= 4 is 17.9 Å². The summed E-state index contributed by atoms with van der Waals surface area (Å²) in [6.45, 7) is 5.48. The van der Waals surface area contributed by atoms with Crippen molar-refractivity contribution in [2.75, 3.05) is 33.4 Å². The minimum atomic E-state index is -4.50. The van der Waals surface area contributed by atoms with E-state index in [0.717, 1.165) is 66.0 Å². The van der Waals surface area contributed by atoms with Gasteiger partial charge in [-0.05, 0) is 53.9 Å². The lowest BCUT2D eigenvalue weighted by Gasteiger charge is -2.28. The van der Waals surface area contributed by atoms with Gasteiger partial charge in [-0.2, -0.15) is 13.2 Å². The number of carbonyl (C=O) groups excluding carboxylic acids is 3. The number of carbonyl (C=O) groups is 3. The molecule has 0 aliphatic carbocycles. The number of aromatic amines is 2. The van der Waals surface area contributed by atoms with E-state index in [9.17, 15) is 27.6 Å². The van der Waals surface area contributed by atoms with Crippen molar-refractivity contribution in [3.05, 3.63) is 72.6 Å². The number of benzene rings is 2. The number of nitrogens with one attached hydrogen (secondary N) is 3. The maximum absolute atomic E-state index is 13.6. The molecule has 0 unspecified atom stereocenters. The van der Waals surface area contributed by atoms with Gasteiger partial charge in [-0.15, -0.1) is 0 Å². The molecule has 4 atom stereocenters. The summed E-state index contributed by atoms with van der Waals surface area (Å²) in [7, 11) is 1.14. The van der Waals surface area contributed by atoms with Crippen LogP contribution >= 0.6 is 0 Å². The van der Waals surface area contributed by atoms with Crippen molar-refractivity contribution in [2.45, 2.75) is 77.2 Å². The van der Waals surface area contributed by atoms with E-state index in [-0.39, 0.29) is 36.8 Å². The van der Waals surface area contributed by atoms with Crippen LogP contribution in [0.15, 0.2) is 60.9 Å². The van der Waals surface area contributed by atoms with Crippen LogP contribution in [0.3, 0.4) is 0 Å². The number of likely N-dealkylation sites (tertiary alicyclic amines) is 2. The van der Waals surface area contributed by atoms with Crippen molar-refractivity contribution in [1.82, 2.24) is 35.1 Å². The molecule has 0 radical (unpaired) electrons. The van der Waals surface area contributed by atoms with Gasteiger partial charge in [0.15, 0.2) is 0 Å². The van der Waals surface area contributed by atoms with E-state index in [2.05, 4.69) is 68.1 Å². The van der Waals surface area contributed by atoms with E-state index in [0.29, 0.717) is 25.2 Å². The normalized spacial score (nSPS) is 18.5. The standard InChI is InChI=1S/C40H48F3N7O5/c1-24(2)25(3)37(51)49-18-5-7-33(49)35-44-21-31(46-35)28-13-9-26(10-14-28)27-11-15-29(16-12-27)32-22-45-36(47-32)34-8-6-19-50(34)38(52)30(48-39(53)54-4)17-20-55-23-40(41,42)43/h9-16,21-22,24-25,30,33-34H,5-8,17-20,23H2,1-4H3,(H,44,46)(H,45,47)(H,48,53)/t25-,30-,33-,34-/m0/s1. The van der Waals surface area contributed by atoms with Gasteiger partial charge in [0.25, 0.3) is 0 Å². The predicted molar refractivity (Wildman–Crippen MR) is 199 cm³/mol. The predicted octanol–water partition coefficient (Wildman–Crippen LogP) is 7.45. The van der Waals surface area contributed by atoms with Crippen molar-refractivity contribution in [3.8, 4) is 33.6 Å². The summed E-state index contributed by atoms with van der Waals surface area (Å²) in [6, 6.07) is 14.7. The molecule has 2 aromatic heterocycles. The highest BCUT2D eigenvalue weighted by Crippen LogP contribution is 2.35. The monoisotopic (exact) mass is 763 g/mol. The molecular weight excluding hydrogens is 715 g/mol. The summed E-state index contributed by atoms with van der Waals surface area (Å²) in [4.78, 5) is 58.3. The maximum atomic E-state index is 13.6.